The van der Waals surface area contributed by atoms with E-state index < -0.39 is 0 Å². The number of nitrogens with zero attached hydrogens (tertiary/aromatic N) is 4. The third-order valence-corrected chi connectivity index (χ3v) is 4.25. The highest BCUT2D eigenvalue weighted by Gasteiger charge is 2.28. The Labute approximate surface area is 122 Å². The maximum absolute atomic E-state index is 9.28. The summed E-state index contributed by atoms with van der Waals surface area (Å²) in [7, 11) is 0. The molecule has 0 aromatic carbocycles. The molecule has 1 unspecified atom stereocenters. The molecule has 0 amide bonds. The lowest BCUT2D eigenvalue weighted by Gasteiger charge is -2.43. The highest BCUT2D eigenvalue weighted by Crippen LogP contribution is 2.17. The largest absolute Gasteiger partial charge is 0.396 e. The fourth-order valence-electron chi connectivity index (χ4n) is 3.14. The Morgan fingerprint density at radius 1 is 1.40 bits per heavy atom. The van der Waals surface area contributed by atoms with Gasteiger partial charge in [0.25, 0.3) is 0 Å². The van der Waals surface area contributed by atoms with Crippen LogP contribution < -0.4 is 0 Å². The van der Waals surface area contributed by atoms with Crippen LogP contribution in [-0.4, -0.2) is 62.8 Å². The van der Waals surface area contributed by atoms with Gasteiger partial charge in [-0.25, -0.2) is 4.98 Å². The molecular formula is C15H28N4O. The zero-order valence-electron chi connectivity index (χ0n) is 13.0. The second-order valence-corrected chi connectivity index (χ2v) is 5.86. The van der Waals surface area contributed by atoms with Crippen molar-refractivity contribution in [1.82, 2.24) is 19.4 Å². The summed E-state index contributed by atoms with van der Waals surface area (Å²) in [4.78, 5) is 9.44. The molecular weight excluding hydrogens is 252 g/mol. The Hall–Kier alpha value is -0.910. The first-order valence-corrected chi connectivity index (χ1v) is 7.74. The lowest BCUT2D eigenvalue weighted by molar-refractivity contribution is 0.0334. The Morgan fingerprint density at radius 3 is 2.85 bits per heavy atom. The van der Waals surface area contributed by atoms with Gasteiger partial charge in [-0.2, -0.15) is 0 Å². The van der Waals surface area contributed by atoms with E-state index in [1.54, 1.807) is 0 Å². The van der Waals surface area contributed by atoms with Gasteiger partial charge in [0, 0.05) is 57.3 Å². The number of aryl methyl sites for hydroxylation is 1. The van der Waals surface area contributed by atoms with Crippen LogP contribution >= 0.6 is 0 Å². The van der Waals surface area contributed by atoms with Crippen molar-refractivity contribution in [1.29, 1.82) is 0 Å². The second kappa shape index (κ2) is 7.20. The summed E-state index contributed by atoms with van der Waals surface area (Å²) >= 11 is 0. The summed E-state index contributed by atoms with van der Waals surface area (Å²) in [6.45, 7) is 12.0. The molecule has 1 atom stereocenters. The van der Waals surface area contributed by atoms with Gasteiger partial charge in [-0.1, -0.05) is 0 Å². The van der Waals surface area contributed by atoms with Crippen molar-refractivity contribution < 1.29 is 5.11 Å². The van der Waals surface area contributed by atoms with Gasteiger partial charge < -0.3 is 9.67 Å². The average molecular weight is 280 g/mol. The van der Waals surface area contributed by atoms with Crippen molar-refractivity contribution in [2.24, 2.45) is 0 Å². The van der Waals surface area contributed by atoms with E-state index in [0.717, 1.165) is 45.0 Å². The topological polar surface area (TPSA) is 44.5 Å². The highest BCUT2D eigenvalue weighted by atomic mass is 16.3. The molecule has 2 heterocycles. The minimum absolute atomic E-state index is 0.269. The van der Waals surface area contributed by atoms with E-state index in [1.165, 1.54) is 0 Å². The van der Waals surface area contributed by atoms with Crippen LogP contribution in [0.1, 0.15) is 33.0 Å². The quantitative estimate of drug-likeness (QED) is 0.850. The number of imidazole rings is 1. The van der Waals surface area contributed by atoms with Crippen molar-refractivity contribution in [2.45, 2.75) is 52.4 Å². The zero-order chi connectivity index (χ0) is 14.5. The predicted molar refractivity (Wildman–Crippen MR) is 80.5 cm³/mol. The van der Waals surface area contributed by atoms with Gasteiger partial charge in [-0.15, -0.1) is 0 Å². The number of aliphatic hydroxyl groups excluding tert-OH is 1. The van der Waals surface area contributed by atoms with E-state index in [0.29, 0.717) is 12.1 Å². The van der Waals surface area contributed by atoms with E-state index in [9.17, 15) is 5.11 Å². The van der Waals surface area contributed by atoms with Gasteiger partial charge in [-0.3, -0.25) is 9.80 Å². The molecule has 5 nitrogen and oxygen atoms in total. The first-order chi connectivity index (χ1) is 9.65. The lowest BCUT2D eigenvalue weighted by atomic mass is 10.1. The van der Waals surface area contributed by atoms with Crippen LogP contribution in [0.4, 0.5) is 0 Å². The Bertz CT molecular complexity index is 404. The van der Waals surface area contributed by atoms with Crippen LogP contribution in [0.15, 0.2) is 12.4 Å². The summed E-state index contributed by atoms with van der Waals surface area (Å²) in [5.74, 6) is 1.15. The summed E-state index contributed by atoms with van der Waals surface area (Å²) in [6.07, 6.45) is 4.79. The standard InChI is InChI=1S/C15H28N4O/c1-4-18-7-6-16-15(18)12-17-8-9-19(13(2)3)14(11-17)5-10-20/h6-7,13-14,20H,4-5,8-12H2,1-3H3. The van der Waals surface area contributed by atoms with Crippen LogP contribution in [-0.2, 0) is 13.1 Å². The fraction of sp³-hybridized carbons (Fsp3) is 0.800. The molecule has 0 bridgehead atoms. The molecule has 5 heteroatoms. The monoisotopic (exact) mass is 280 g/mol. The van der Waals surface area contributed by atoms with E-state index in [1.807, 2.05) is 12.4 Å². The van der Waals surface area contributed by atoms with Crippen molar-refractivity contribution in [2.75, 3.05) is 26.2 Å². The summed E-state index contributed by atoms with van der Waals surface area (Å²) in [5, 5.41) is 9.28. The molecule has 1 saturated heterocycles. The molecule has 1 fully saturated rings. The molecule has 114 valence electrons. The first-order valence-electron chi connectivity index (χ1n) is 7.74. The zero-order valence-corrected chi connectivity index (χ0v) is 13.0. The molecule has 1 aliphatic rings. The van der Waals surface area contributed by atoms with E-state index in [4.69, 9.17) is 0 Å². The van der Waals surface area contributed by atoms with E-state index in [-0.39, 0.29) is 6.61 Å². The third-order valence-electron chi connectivity index (χ3n) is 4.25. The SMILES string of the molecule is CCn1ccnc1CN1CCN(C(C)C)C(CCO)C1. The van der Waals surface area contributed by atoms with Crippen molar-refractivity contribution in [3.8, 4) is 0 Å². The number of rotatable bonds is 6. The molecule has 2 rings (SSSR count). The second-order valence-electron chi connectivity index (χ2n) is 5.86. The van der Waals surface area contributed by atoms with E-state index >= 15 is 0 Å². The van der Waals surface area contributed by atoms with Crippen LogP contribution in [0.25, 0.3) is 0 Å². The molecule has 1 N–H and O–H groups in total. The Morgan fingerprint density at radius 2 is 2.20 bits per heavy atom. The van der Waals surface area contributed by atoms with Crippen LogP contribution in [0.3, 0.4) is 0 Å². The summed E-state index contributed by atoms with van der Waals surface area (Å²) in [5.41, 5.74) is 0. The van der Waals surface area contributed by atoms with Gasteiger partial charge in [0.1, 0.15) is 5.82 Å². The Kier molecular flexibility index (Phi) is 5.57. The normalized spacial score (nSPS) is 21.8. The molecule has 0 aliphatic carbocycles. The number of aliphatic hydroxyl groups is 1. The van der Waals surface area contributed by atoms with Gasteiger partial charge >= 0.3 is 0 Å². The van der Waals surface area contributed by atoms with Crippen molar-refractivity contribution >= 4 is 0 Å². The van der Waals surface area contributed by atoms with Gasteiger partial charge in [0.15, 0.2) is 0 Å². The lowest BCUT2D eigenvalue weighted by Crippen LogP contribution is -2.55. The molecule has 1 aromatic heterocycles. The minimum atomic E-state index is 0.269. The van der Waals surface area contributed by atoms with Crippen molar-refractivity contribution in [3.63, 3.8) is 0 Å². The first kappa shape index (κ1) is 15.5. The maximum Gasteiger partial charge on any atom is 0.122 e. The van der Waals surface area contributed by atoms with Crippen LogP contribution in [0.2, 0.25) is 0 Å². The number of piperazine rings is 1. The molecule has 0 spiro atoms. The third kappa shape index (κ3) is 3.59. The van der Waals surface area contributed by atoms with Crippen LogP contribution in [0.5, 0.6) is 0 Å². The van der Waals surface area contributed by atoms with Crippen molar-refractivity contribution in [3.05, 3.63) is 18.2 Å². The summed E-state index contributed by atoms with van der Waals surface area (Å²) < 4.78 is 2.20. The molecule has 1 aliphatic heterocycles. The Balaban J connectivity index is 1.97. The average Bonchev–Trinajstić information content (AvgIpc) is 2.86. The molecule has 0 radical (unpaired) electrons. The number of aromatic nitrogens is 2. The maximum atomic E-state index is 9.28. The smallest absolute Gasteiger partial charge is 0.122 e. The molecule has 1 aromatic rings. The van der Waals surface area contributed by atoms with Gasteiger partial charge in [0.2, 0.25) is 0 Å². The minimum Gasteiger partial charge on any atom is -0.396 e. The number of hydrogen-bond donors (Lipinski definition) is 1. The van der Waals surface area contributed by atoms with Gasteiger partial charge in [-0.05, 0) is 27.2 Å². The van der Waals surface area contributed by atoms with Crippen LogP contribution in [0, 0.1) is 0 Å². The van der Waals surface area contributed by atoms with E-state index in [2.05, 4.69) is 40.1 Å². The predicted octanol–water partition coefficient (Wildman–Crippen LogP) is 1.18. The number of hydrogen-bond acceptors (Lipinski definition) is 4. The fourth-order valence-corrected chi connectivity index (χ4v) is 3.14. The highest BCUT2D eigenvalue weighted by molar-refractivity contribution is 4.94. The molecule has 0 saturated carbocycles. The van der Waals surface area contributed by atoms with Gasteiger partial charge in [0.05, 0.1) is 6.54 Å². The molecule has 20 heavy (non-hydrogen) atoms. The summed E-state index contributed by atoms with van der Waals surface area (Å²) in [6, 6.07) is 1.00.